The summed E-state index contributed by atoms with van der Waals surface area (Å²) >= 11 is -0.731. The summed E-state index contributed by atoms with van der Waals surface area (Å²) in [6.07, 6.45) is -0.428. The average Bonchev–Trinajstić information content (AvgIpc) is 2.99. The van der Waals surface area contributed by atoms with Gasteiger partial charge in [-0.3, -0.25) is 4.18 Å². The topological polar surface area (TPSA) is 108 Å². The van der Waals surface area contributed by atoms with Gasteiger partial charge in [0.2, 0.25) is 0 Å². The third-order valence-corrected chi connectivity index (χ3v) is 6.94. The van der Waals surface area contributed by atoms with Gasteiger partial charge in [-0.25, -0.2) is 10.1 Å². The molecule has 5 unspecified atom stereocenters. The molecule has 2 aliphatic carbocycles. The van der Waals surface area contributed by atoms with Crippen LogP contribution in [0.4, 0.5) is 8.78 Å². The smallest absolute Gasteiger partial charge is 0.415 e. The third-order valence-electron chi connectivity index (χ3n) is 4.58. The Hall–Kier alpha value is -0.530. The molecule has 12 heteroatoms. The highest BCUT2D eigenvalue weighted by Crippen LogP contribution is 2.61. The summed E-state index contributed by atoms with van der Waals surface area (Å²) in [5, 5.41) is 6.07. The molecule has 3 rings (SSSR count). The van der Waals surface area contributed by atoms with E-state index in [-0.39, 0.29) is 18.3 Å². The molecule has 22 heavy (non-hydrogen) atoms. The second-order valence-corrected chi connectivity index (χ2v) is 8.28. The Balaban J connectivity index is 1.76. The second-order valence-electron chi connectivity index (χ2n) is 5.71. The molecule has 0 radical (unpaired) electrons. The average molecular weight is 362 g/mol. The van der Waals surface area contributed by atoms with Crippen LogP contribution >= 0.6 is 12.0 Å². The number of ether oxygens (including phenoxy) is 1. The van der Waals surface area contributed by atoms with E-state index in [9.17, 15) is 22.0 Å². The molecule has 2 bridgehead atoms. The van der Waals surface area contributed by atoms with E-state index >= 15 is 0 Å². The number of carbonyl (C=O) groups excluding carboxylic acids is 1. The summed E-state index contributed by atoms with van der Waals surface area (Å²) in [5.74, 6) is -2.64. The van der Waals surface area contributed by atoms with Crippen LogP contribution in [0.5, 0.6) is 0 Å². The number of alkyl halides is 2. The van der Waals surface area contributed by atoms with Crippen molar-refractivity contribution < 1.29 is 45.5 Å². The summed E-state index contributed by atoms with van der Waals surface area (Å²) in [6.45, 7) is 1.45. The largest absolute Gasteiger partial charge is 0.454 e. The molecule has 5 atom stereocenters. The first-order valence-electron chi connectivity index (χ1n) is 6.31. The van der Waals surface area contributed by atoms with Crippen molar-refractivity contribution in [2.45, 2.75) is 42.0 Å². The highest BCUT2D eigenvalue weighted by molar-refractivity contribution is 7.96. The van der Waals surface area contributed by atoms with Gasteiger partial charge in [0.25, 0.3) is 10.1 Å². The summed E-state index contributed by atoms with van der Waals surface area (Å²) in [7, 11) is -3.77. The van der Waals surface area contributed by atoms with E-state index in [0.29, 0.717) is 6.42 Å². The van der Waals surface area contributed by atoms with Crippen LogP contribution in [0.2, 0.25) is 0 Å². The number of halogens is 2. The highest BCUT2D eigenvalue weighted by Gasteiger charge is 2.72. The summed E-state index contributed by atoms with van der Waals surface area (Å²) < 4.78 is 64.1. The standard InChI is InChI=1S/C10H12F2O8S2/c1-9-5-2-4(3-6(5)22(15,16)18-9)7(9)17-8(13)10(11,12)21-20-19-14/h4-7,14H,2-3H2,1H3. The maximum atomic E-state index is 13.4. The molecule has 1 saturated heterocycles. The van der Waals surface area contributed by atoms with Gasteiger partial charge in [0.05, 0.1) is 5.25 Å². The van der Waals surface area contributed by atoms with Crippen molar-refractivity contribution in [1.29, 1.82) is 0 Å². The molecule has 0 aromatic rings. The van der Waals surface area contributed by atoms with Gasteiger partial charge in [-0.05, 0) is 19.8 Å². The molecule has 0 aromatic carbocycles. The minimum atomic E-state index is -4.13. The van der Waals surface area contributed by atoms with Gasteiger partial charge in [-0.15, -0.1) is 4.33 Å². The van der Waals surface area contributed by atoms with Crippen LogP contribution in [-0.2, 0) is 33.2 Å². The molecule has 3 fully saturated rings. The van der Waals surface area contributed by atoms with Crippen LogP contribution in [-0.4, -0.2) is 41.9 Å². The number of hydrogen-bond donors (Lipinski definition) is 1. The Labute approximate surface area is 128 Å². The Morgan fingerprint density at radius 3 is 2.77 bits per heavy atom. The van der Waals surface area contributed by atoms with Gasteiger partial charge in [-0.1, -0.05) is 5.04 Å². The van der Waals surface area contributed by atoms with Crippen molar-refractivity contribution in [3.05, 3.63) is 0 Å². The predicted molar refractivity (Wildman–Crippen MR) is 65.6 cm³/mol. The molecule has 2 saturated carbocycles. The van der Waals surface area contributed by atoms with Gasteiger partial charge in [0.1, 0.15) is 23.7 Å². The fourth-order valence-electron chi connectivity index (χ4n) is 3.80. The molecule has 0 amide bonds. The lowest BCUT2D eigenvalue weighted by atomic mass is 9.83. The van der Waals surface area contributed by atoms with Gasteiger partial charge < -0.3 is 4.74 Å². The van der Waals surface area contributed by atoms with E-state index in [2.05, 4.69) is 9.37 Å². The maximum Gasteiger partial charge on any atom is 0.415 e. The Bertz CT molecular complexity index is 596. The molecule has 0 aromatic heterocycles. The zero-order chi connectivity index (χ0) is 16.3. The molecule has 1 aliphatic heterocycles. The number of hydrogen-bond acceptors (Lipinski definition) is 9. The number of esters is 1. The van der Waals surface area contributed by atoms with Crippen LogP contribution in [0.1, 0.15) is 19.8 Å². The van der Waals surface area contributed by atoms with E-state index < -0.39 is 50.3 Å². The minimum absolute atomic E-state index is 0.218. The molecule has 0 spiro atoms. The quantitative estimate of drug-likeness (QED) is 0.253. The Kier molecular flexibility index (Phi) is 3.70. The Morgan fingerprint density at radius 2 is 2.14 bits per heavy atom. The first-order valence-corrected chi connectivity index (χ1v) is 8.52. The van der Waals surface area contributed by atoms with Gasteiger partial charge >= 0.3 is 11.2 Å². The van der Waals surface area contributed by atoms with E-state index in [4.69, 9.17) is 14.2 Å². The Morgan fingerprint density at radius 1 is 1.45 bits per heavy atom. The summed E-state index contributed by atoms with van der Waals surface area (Å²) in [6, 6.07) is 0. The number of fused-ring (bicyclic) bond motifs is 1. The first kappa shape index (κ1) is 16.3. The van der Waals surface area contributed by atoms with Crippen molar-refractivity contribution in [2.75, 3.05) is 0 Å². The first-order chi connectivity index (χ1) is 10.1. The normalized spacial score (nSPS) is 41.8. The fourth-order valence-corrected chi connectivity index (χ4v) is 6.14. The van der Waals surface area contributed by atoms with Crippen LogP contribution in [0.15, 0.2) is 0 Å². The number of rotatable bonds is 5. The lowest BCUT2D eigenvalue weighted by Gasteiger charge is -2.33. The van der Waals surface area contributed by atoms with Crippen molar-refractivity contribution in [3.63, 3.8) is 0 Å². The van der Waals surface area contributed by atoms with E-state index in [1.54, 1.807) is 0 Å². The van der Waals surface area contributed by atoms with Gasteiger partial charge in [0, 0.05) is 11.8 Å². The van der Waals surface area contributed by atoms with Crippen LogP contribution in [0, 0.1) is 11.8 Å². The van der Waals surface area contributed by atoms with Crippen molar-refractivity contribution in [2.24, 2.45) is 11.8 Å². The molecule has 3 aliphatic rings. The molecule has 8 nitrogen and oxygen atoms in total. The lowest BCUT2D eigenvalue weighted by Crippen LogP contribution is -2.48. The zero-order valence-electron chi connectivity index (χ0n) is 11.1. The van der Waals surface area contributed by atoms with Crippen LogP contribution < -0.4 is 0 Å². The molecule has 126 valence electrons. The van der Waals surface area contributed by atoms with Crippen LogP contribution in [0.25, 0.3) is 0 Å². The molecule has 1 N–H and O–H groups in total. The van der Waals surface area contributed by atoms with Crippen molar-refractivity contribution in [1.82, 2.24) is 0 Å². The fraction of sp³-hybridized carbons (Fsp3) is 0.900. The monoisotopic (exact) mass is 362 g/mol. The van der Waals surface area contributed by atoms with E-state index in [1.807, 2.05) is 0 Å². The summed E-state index contributed by atoms with van der Waals surface area (Å²) in [5.41, 5.74) is -1.32. The zero-order valence-corrected chi connectivity index (χ0v) is 12.7. The van der Waals surface area contributed by atoms with Crippen LogP contribution in [0.3, 0.4) is 0 Å². The highest BCUT2D eigenvalue weighted by atomic mass is 32.2. The maximum absolute atomic E-state index is 13.4. The van der Waals surface area contributed by atoms with E-state index in [1.165, 1.54) is 6.92 Å². The molecular formula is C10H12F2O8S2. The summed E-state index contributed by atoms with van der Waals surface area (Å²) in [4.78, 5) is 11.6. The SMILES string of the molecule is CC12OS(=O)(=O)C3CC(CC31)C2OC(=O)C(F)(F)SOOO. The predicted octanol–water partition coefficient (Wildman–Crippen LogP) is 1.09. The minimum Gasteiger partial charge on any atom is -0.454 e. The molecule has 1 heterocycles. The van der Waals surface area contributed by atoms with E-state index in [0.717, 1.165) is 0 Å². The third kappa shape index (κ3) is 2.24. The second kappa shape index (κ2) is 4.98. The molecular weight excluding hydrogens is 350 g/mol. The van der Waals surface area contributed by atoms with Gasteiger partial charge in [0.15, 0.2) is 0 Å². The van der Waals surface area contributed by atoms with Crippen molar-refractivity contribution >= 4 is 28.1 Å². The van der Waals surface area contributed by atoms with Crippen molar-refractivity contribution in [3.8, 4) is 0 Å². The lowest BCUT2D eigenvalue weighted by molar-refractivity contribution is -0.433. The van der Waals surface area contributed by atoms with Gasteiger partial charge in [-0.2, -0.15) is 17.2 Å². The number of carbonyl (C=O) groups is 1.